The number of carbonyl (C=O) groups excluding carboxylic acids is 1. The van der Waals surface area contributed by atoms with E-state index in [0.29, 0.717) is 12.2 Å². The lowest BCUT2D eigenvalue weighted by Gasteiger charge is -2.15. The lowest BCUT2D eigenvalue weighted by molar-refractivity contribution is -0.896. The van der Waals surface area contributed by atoms with Gasteiger partial charge in [0.2, 0.25) is 0 Å². The van der Waals surface area contributed by atoms with Crippen molar-refractivity contribution in [1.29, 1.82) is 0 Å². The van der Waals surface area contributed by atoms with Crippen molar-refractivity contribution in [2.24, 2.45) is 7.05 Å². The molecule has 0 atom stereocenters. The number of fused-ring (bicyclic) bond motifs is 1. The lowest BCUT2D eigenvalue weighted by atomic mass is 10.2. The van der Waals surface area contributed by atoms with E-state index in [1.165, 1.54) is 9.47 Å². The molecule has 0 fully saturated rings. The highest BCUT2D eigenvalue weighted by molar-refractivity contribution is 5.96. The third-order valence-corrected chi connectivity index (χ3v) is 4.21. The molecule has 0 aliphatic heterocycles. The molecule has 0 aliphatic carbocycles. The first-order valence-electron chi connectivity index (χ1n) is 8.15. The second-order valence-electron chi connectivity index (χ2n) is 5.65. The van der Waals surface area contributed by atoms with E-state index < -0.39 is 0 Å². The molecule has 0 bridgehead atoms. The van der Waals surface area contributed by atoms with Gasteiger partial charge in [0.1, 0.15) is 11.2 Å². The molecule has 124 valence electrons. The van der Waals surface area contributed by atoms with Crippen LogP contribution < -0.4 is 15.8 Å². The Hall–Kier alpha value is -2.21. The van der Waals surface area contributed by atoms with Crippen LogP contribution in [-0.2, 0) is 7.05 Å². The van der Waals surface area contributed by atoms with Gasteiger partial charge >= 0.3 is 0 Å². The Morgan fingerprint density at radius 1 is 1.35 bits per heavy atom. The predicted molar refractivity (Wildman–Crippen MR) is 90.8 cm³/mol. The minimum absolute atomic E-state index is 0.170. The summed E-state index contributed by atoms with van der Waals surface area (Å²) in [7, 11) is 1.64. The molecule has 2 rings (SSSR count). The Kier molecular flexibility index (Phi) is 5.87. The summed E-state index contributed by atoms with van der Waals surface area (Å²) in [6.45, 7) is 8.09. The number of pyridine rings is 2. The lowest BCUT2D eigenvalue weighted by Crippen LogP contribution is -3.11. The first-order chi connectivity index (χ1) is 11.1. The topological polar surface area (TPSA) is 68.4 Å². The SMILES string of the molecule is CC[NH+](CC)CCCNC(=O)c1cc2cccnc2n(C)c1=O. The number of carbonyl (C=O) groups is 1. The smallest absolute Gasteiger partial charge is 0.264 e. The zero-order chi connectivity index (χ0) is 16.8. The Bertz CT molecular complexity index is 735. The molecule has 6 heteroatoms. The van der Waals surface area contributed by atoms with E-state index in [-0.39, 0.29) is 17.0 Å². The standard InChI is InChI=1S/C17H24N4O2/c1-4-21(5-2)11-7-10-19-16(22)14-12-13-8-6-9-18-15(13)20(3)17(14)23/h6,8-9,12H,4-5,7,10-11H2,1-3H3,(H,19,22)/p+1. The fraction of sp³-hybridized carbons (Fsp3) is 0.471. The molecule has 0 saturated heterocycles. The van der Waals surface area contributed by atoms with Crippen LogP contribution in [0.5, 0.6) is 0 Å². The third-order valence-electron chi connectivity index (χ3n) is 4.21. The van der Waals surface area contributed by atoms with Gasteiger partial charge in [0.25, 0.3) is 11.5 Å². The molecule has 0 radical (unpaired) electrons. The van der Waals surface area contributed by atoms with Gasteiger partial charge in [-0.15, -0.1) is 0 Å². The highest BCUT2D eigenvalue weighted by Gasteiger charge is 2.14. The van der Waals surface area contributed by atoms with Gasteiger partial charge in [-0.2, -0.15) is 0 Å². The maximum Gasteiger partial charge on any atom is 0.264 e. The zero-order valence-electron chi connectivity index (χ0n) is 14.1. The first kappa shape index (κ1) is 17.1. The first-order valence-corrected chi connectivity index (χ1v) is 8.15. The number of hydrogen-bond donors (Lipinski definition) is 2. The minimum Gasteiger partial charge on any atom is -0.352 e. The van der Waals surface area contributed by atoms with E-state index in [4.69, 9.17) is 0 Å². The molecule has 2 heterocycles. The fourth-order valence-corrected chi connectivity index (χ4v) is 2.70. The van der Waals surface area contributed by atoms with Crippen molar-refractivity contribution >= 4 is 16.9 Å². The maximum absolute atomic E-state index is 12.3. The van der Waals surface area contributed by atoms with Crippen LogP contribution >= 0.6 is 0 Å². The number of nitrogens with one attached hydrogen (secondary N) is 2. The van der Waals surface area contributed by atoms with Crippen LogP contribution in [0.25, 0.3) is 11.0 Å². The summed E-state index contributed by atoms with van der Waals surface area (Å²) < 4.78 is 1.42. The van der Waals surface area contributed by atoms with E-state index in [9.17, 15) is 9.59 Å². The van der Waals surface area contributed by atoms with Gasteiger partial charge in [-0.1, -0.05) is 0 Å². The number of nitrogens with zero attached hydrogens (tertiary/aromatic N) is 2. The van der Waals surface area contributed by atoms with Gasteiger partial charge in [0.05, 0.1) is 19.6 Å². The number of amides is 1. The van der Waals surface area contributed by atoms with Crippen LogP contribution in [0, 0.1) is 0 Å². The van der Waals surface area contributed by atoms with Gasteiger partial charge in [0, 0.05) is 31.6 Å². The van der Waals surface area contributed by atoms with Crippen LogP contribution in [0.1, 0.15) is 30.6 Å². The van der Waals surface area contributed by atoms with Crippen LogP contribution in [0.2, 0.25) is 0 Å². The van der Waals surface area contributed by atoms with Gasteiger partial charge in [0.15, 0.2) is 0 Å². The van der Waals surface area contributed by atoms with Crippen molar-refractivity contribution in [2.45, 2.75) is 20.3 Å². The van der Waals surface area contributed by atoms with Crippen molar-refractivity contribution in [1.82, 2.24) is 14.9 Å². The molecule has 0 aliphatic rings. The number of aryl methyl sites for hydroxylation is 1. The number of rotatable bonds is 7. The summed E-state index contributed by atoms with van der Waals surface area (Å²) in [4.78, 5) is 30.3. The second kappa shape index (κ2) is 7.87. The summed E-state index contributed by atoms with van der Waals surface area (Å²) >= 11 is 0. The van der Waals surface area contributed by atoms with Crippen LogP contribution in [0.15, 0.2) is 29.2 Å². The molecule has 23 heavy (non-hydrogen) atoms. The number of aromatic nitrogens is 2. The average molecular weight is 317 g/mol. The third kappa shape index (κ3) is 3.96. The predicted octanol–water partition coefficient (Wildman–Crippen LogP) is -0.0219. The Morgan fingerprint density at radius 2 is 2.09 bits per heavy atom. The van der Waals surface area contributed by atoms with Crippen molar-refractivity contribution in [3.8, 4) is 0 Å². The second-order valence-corrected chi connectivity index (χ2v) is 5.65. The molecule has 0 unspecified atom stereocenters. The fourth-order valence-electron chi connectivity index (χ4n) is 2.70. The number of quaternary nitrogens is 1. The van der Waals surface area contributed by atoms with Gasteiger partial charge in [-0.05, 0) is 32.0 Å². The van der Waals surface area contributed by atoms with Crippen LogP contribution in [-0.4, -0.2) is 41.6 Å². The van der Waals surface area contributed by atoms with E-state index in [0.717, 1.165) is 31.4 Å². The van der Waals surface area contributed by atoms with Crippen molar-refractivity contribution in [2.75, 3.05) is 26.2 Å². The average Bonchev–Trinajstić information content (AvgIpc) is 2.58. The van der Waals surface area contributed by atoms with Crippen molar-refractivity contribution in [3.05, 3.63) is 40.3 Å². The molecule has 6 nitrogen and oxygen atoms in total. The van der Waals surface area contributed by atoms with Crippen LogP contribution in [0.3, 0.4) is 0 Å². The van der Waals surface area contributed by atoms with E-state index in [1.807, 2.05) is 6.07 Å². The summed E-state index contributed by atoms with van der Waals surface area (Å²) in [5.74, 6) is -0.314. The van der Waals surface area contributed by atoms with Crippen LogP contribution in [0.4, 0.5) is 0 Å². The van der Waals surface area contributed by atoms with Gasteiger partial charge in [-0.3, -0.25) is 14.2 Å². The monoisotopic (exact) mass is 317 g/mol. The summed E-state index contributed by atoms with van der Waals surface area (Å²) in [6.07, 6.45) is 2.54. The van der Waals surface area contributed by atoms with E-state index in [1.54, 1.807) is 25.4 Å². The molecule has 0 aromatic carbocycles. The largest absolute Gasteiger partial charge is 0.352 e. The highest BCUT2D eigenvalue weighted by atomic mass is 16.2. The molecule has 2 N–H and O–H groups in total. The molecular formula is C17H25N4O2+. The normalized spacial score (nSPS) is 11.1. The maximum atomic E-state index is 12.3. The van der Waals surface area contributed by atoms with Crippen molar-refractivity contribution in [3.63, 3.8) is 0 Å². The molecule has 0 spiro atoms. The Morgan fingerprint density at radius 3 is 2.78 bits per heavy atom. The Labute approximate surface area is 136 Å². The summed E-state index contributed by atoms with van der Waals surface area (Å²) in [5, 5.41) is 3.63. The summed E-state index contributed by atoms with van der Waals surface area (Å²) in [5.41, 5.74) is 0.436. The van der Waals surface area contributed by atoms with Gasteiger partial charge in [-0.25, -0.2) is 4.98 Å². The minimum atomic E-state index is -0.317. The zero-order valence-corrected chi connectivity index (χ0v) is 14.1. The van der Waals surface area contributed by atoms with Gasteiger partial charge < -0.3 is 10.2 Å². The quantitative estimate of drug-likeness (QED) is 0.705. The molecule has 1 amide bonds. The molecule has 2 aromatic heterocycles. The van der Waals surface area contributed by atoms with Crippen molar-refractivity contribution < 1.29 is 9.69 Å². The summed E-state index contributed by atoms with van der Waals surface area (Å²) in [6, 6.07) is 5.26. The van der Waals surface area contributed by atoms with E-state index >= 15 is 0 Å². The molecular weight excluding hydrogens is 292 g/mol. The molecule has 0 saturated carbocycles. The Balaban J connectivity index is 2.07. The number of hydrogen-bond acceptors (Lipinski definition) is 3. The van der Waals surface area contributed by atoms with E-state index in [2.05, 4.69) is 24.1 Å². The molecule has 2 aromatic rings. The highest BCUT2D eigenvalue weighted by Crippen LogP contribution is 2.09.